The van der Waals surface area contributed by atoms with Crippen LogP contribution >= 0.6 is 0 Å². The maximum atomic E-state index is 12.7. The third-order valence-corrected chi connectivity index (χ3v) is 4.64. The molecule has 0 saturated carbocycles. The van der Waals surface area contributed by atoms with Crippen LogP contribution in [0.15, 0.2) is 55.1 Å². The molecule has 9 heteroatoms. The normalized spacial score (nSPS) is 12.7. The summed E-state index contributed by atoms with van der Waals surface area (Å²) in [6.07, 6.45) is 1.16. The molecule has 152 valence electrons. The lowest BCUT2D eigenvalue weighted by Crippen LogP contribution is -2.13. The Hall–Kier alpha value is -3.62. The van der Waals surface area contributed by atoms with E-state index in [1.165, 1.54) is 12.4 Å². The van der Waals surface area contributed by atoms with E-state index in [1.54, 1.807) is 12.4 Å². The van der Waals surface area contributed by atoms with Crippen LogP contribution in [0.5, 0.6) is 0 Å². The van der Waals surface area contributed by atoms with Gasteiger partial charge < -0.3 is 5.32 Å². The average Bonchev–Trinajstić information content (AvgIpc) is 2.74. The van der Waals surface area contributed by atoms with Crippen molar-refractivity contribution in [2.24, 2.45) is 0 Å². The molecule has 0 radical (unpaired) electrons. The number of anilines is 1. The number of fused-ring (bicyclic) bond motifs is 1. The Morgan fingerprint density at radius 3 is 2.37 bits per heavy atom. The van der Waals surface area contributed by atoms with Crippen LogP contribution in [0.1, 0.15) is 29.9 Å². The zero-order valence-corrected chi connectivity index (χ0v) is 16.1. The maximum absolute atomic E-state index is 12.7. The number of nitrogens with one attached hydrogen (secondary N) is 1. The third kappa shape index (κ3) is 4.05. The second-order valence-corrected chi connectivity index (χ2v) is 6.91. The largest absolute Gasteiger partial charge is 0.451 e. The van der Waals surface area contributed by atoms with Crippen molar-refractivity contribution in [3.63, 3.8) is 0 Å². The molecule has 0 bridgehead atoms. The van der Waals surface area contributed by atoms with Crippen LogP contribution in [-0.2, 0) is 6.18 Å². The fourth-order valence-electron chi connectivity index (χ4n) is 2.99. The predicted octanol–water partition coefficient (Wildman–Crippen LogP) is 4.98. The van der Waals surface area contributed by atoms with E-state index in [0.717, 1.165) is 22.2 Å². The van der Waals surface area contributed by atoms with Crippen molar-refractivity contribution < 1.29 is 13.2 Å². The van der Waals surface area contributed by atoms with Crippen LogP contribution in [0.3, 0.4) is 0 Å². The van der Waals surface area contributed by atoms with Gasteiger partial charge >= 0.3 is 6.18 Å². The minimum atomic E-state index is -4.57. The second kappa shape index (κ2) is 7.66. The summed E-state index contributed by atoms with van der Waals surface area (Å²) in [6.45, 7) is 3.78. The van der Waals surface area contributed by atoms with E-state index in [0.29, 0.717) is 16.8 Å². The minimum Gasteiger partial charge on any atom is -0.377 e. The molecular formula is C21H17F3N6. The fourth-order valence-corrected chi connectivity index (χ4v) is 2.99. The summed E-state index contributed by atoms with van der Waals surface area (Å²) in [4.78, 5) is 11.3. The van der Waals surface area contributed by atoms with Gasteiger partial charge in [0.1, 0.15) is 0 Å². The Morgan fingerprint density at radius 1 is 0.933 bits per heavy atom. The SMILES string of the molecule is Cc1ccc(-c2ccc3nncc(NC(C)c4cnc(C(F)(F)F)nc4)c3c2)nc1. The molecule has 0 spiro atoms. The molecule has 1 unspecified atom stereocenters. The first-order valence-corrected chi connectivity index (χ1v) is 9.15. The first-order chi connectivity index (χ1) is 14.3. The Kier molecular flexibility index (Phi) is 5.03. The van der Waals surface area contributed by atoms with Crippen LogP contribution in [-0.4, -0.2) is 25.1 Å². The molecule has 0 fully saturated rings. The van der Waals surface area contributed by atoms with E-state index in [9.17, 15) is 13.2 Å². The number of aromatic nitrogens is 5. The lowest BCUT2D eigenvalue weighted by molar-refractivity contribution is -0.145. The number of nitrogens with zero attached hydrogens (tertiary/aromatic N) is 5. The van der Waals surface area contributed by atoms with Crippen LogP contribution in [0.2, 0.25) is 0 Å². The highest BCUT2D eigenvalue weighted by Crippen LogP contribution is 2.30. The third-order valence-electron chi connectivity index (χ3n) is 4.64. The first kappa shape index (κ1) is 19.7. The number of hydrogen-bond acceptors (Lipinski definition) is 6. The number of halogens is 3. The zero-order valence-electron chi connectivity index (χ0n) is 16.1. The van der Waals surface area contributed by atoms with Crippen molar-refractivity contribution in [1.82, 2.24) is 25.1 Å². The molecule has 0 aliphatic carbocycles. The molecule has 1 N–H and O–H groups in total. The number of alkyl halides is 3. The Morgan fingerprint density at radius 2 is 1.70 bits per heavy atom. The van der Waals surface area contributed by atoms with Gasteiger partial charge in [0.05, 0.1) is 29.1 Å². The standard InChI is InChI=1S/C21H17F3N6/c1-12-3-5-17(25-8-12)14-4-6-18-16(7-14)19(11-28-30-18)29-13(2)15-9-26-20(27-10-15)21(22,23)24/h3-11,13H,1-2H3,(H,29,30). The van der Waals surface area contributed by atoms with Gasteiger partial charge in [-0.25, -0.2) is 9.97 Å². The van der Waals surface area contributed by atoms with Gasteiger partial charge in [0.2, 0.25) is 5.82 Å². The topological polar surface area (TPSA) is 76.5 Å². The van der Waals surface area contributed by atoms with Crippen molar-refractivity contribution in [3.8, 4) is 11.3 Å². The molecular weight excluding hydrogens is 393 g/mol. The summed E-state index contributed by atoms with van der Waals surface area (Å²) >= 11 is 0. The van der Waals surface area contributed by atoms with Crippen LogP contribution in [0, 0.1) is 6.92 Å². The van der Waals surface area contributed by atoms with E-state index >= 15 is 0 Å². The van der Waals surface area contributed by atoms with Crippen molar-refractivity contribution in [2.45, 2.75) is 26.1 Å². The quantitative estimate of drug-likeness (QED) is 0.511. The van der Waals surface area contributed by atoms with Gasteiger partial charge in [-0.1, -0.05) is 12.1 Å². The molecule has 3 heterocycles. The first-order valence-electron chi connectivity index (χ1n) is 9.15. The number of rotatable bonds is 4. The summed E-state index contributed by atoms with van der Waals surface area (Å²) in [6, 6.07) is 9.33. The number of benzene rings is 1. The average molecular weight is 410 g/mol. The Labute approximate surface area is 170 Å². The fraction of sp³-hybridized carbons (Fsp3) is 0.190. The van der Waals surface area contributed by atoms with Gasteiger partial charge in [0.25, 0.3) is 0 Å². The molecule has 30 heavy (non-hydrogen) atoms. The maximum Gasteiger partial charge on any atom is 0.451 e. The van der Waals surface area contributed by atoms with E-state index in [2.05, 4.69) is 30.5 Å². The van der Waals surface area contributed by atoms with Gasteiger partial charge in [0, 0.05) is 35.1 Å². The number of hydrogen-bond donors (Lipinski definition) is 1. The molecule has 1 aromatic carbocycles. The van der Waals surface area contributed by atoms with Gasteiger partial charge in [-0.2, -0.15) is 23.4 Å². The molecule has 0 saturated heterocycles. The van der Waals surface area contributed by atoms with Gasteiger partial charge in [-0.15, -0.1) is 0 Å². The summed E-state index contributed by atoms with van der Waals surface area (Å²) < 4.78 is 38.0. The highest BCUT2D eigenvalue weighted by Gasteiger charge is 2.34. The molecule has 0 aliphatic heterocycles. The van der Waals surface area contributed by atoms with Gasteiger partial charge in [-0.05, 0) is 37.6 Å². The lowest BCUT2D eigenvalue weighted by atomic mass is 10.1. The van der Waals surface area contributed by atoms with Crippen molar-refractivity contribution in [3.05, 3.63) is 72.1 Å². The van der Waals surface area contributed by atoms with Crippen LogP contribution in [0.4, 0.5) is 18.9 Å². The monoisotopic (exact) mass is 410 g/mol. The molecule has 1 atom stereocenters. The van der Waals surface area contributed by atoms with Gasteiger partial charge in [0.15, 0.2) is 0 Å². The van der Waals surface area contributed by atoms with Crippen LogP contribution in [0.25, 0.3) is 22.2 Å². The second-order valence-electron chi connectivity index (χ2n) is 6.91. The molecule has 4 rings (SSSR count). The lowest BCUT2D eigenvalue weighted by Gasteiger charge is -2.17. The van der Waals surface area contributed by atoms with E-state index in [-0.39, 0.29) is 6.04 Å². The highest BCUT2D eigenvalue weighted by molar-refractivity contribution is 5.93. The van der Waals surface area contributed by atoms with Crippen LogP contribution < -0.4 is 5.32 Å². The van der Waals surface area contributed by atoms with E-state index in [1.807, 2.05) is 44.2 Å². The van der Waals surface area contributed by atoms with E-state index in [4.69, 9.17) is 0 Å². The smallest absolute Gasteiger partial charge is 0.377 e. The molecule has 3 aromatic heterocycles. The van der Waals surface area contributed by atoms with Crippen molar-refractivity contribution in [1.29, 1.82) is 0 Å². The molecule has 0 aliphatic rings. The Balaban J connectivity index is 1.65. The number of aryl methyl sites for hydroxylation is 1. The van der Waals surface area contributed by atoms with Crippen molar-refractivity contribution in [2.75, 3.05) is 5.32 Å². The molecule has 0 amide bonds. The van der Waals surface area contributed by atoms with Gasteiger partial charge in [-0.3, -0.25) is 4.98 Å². The zero-order chi connectivity index (χ0) is 21.3. The van der Waals surface area contributed by atoms with Crippen molar-refractivity contribution >= 4 is 16.6 Å². The summed E-state index contributed by atoms with van der Waals surface area (Å²) in [5.41, 5.74) is 4.72. The Bertz CT molecular complexity index is 1170. The summed E-state index contributed by atoms with van der Waals surface area (Å²) in [7, 11) is 0. The number of pyridine rings is 1. The summed E-state index contributed by atoms with van der Waals surface area (Å²) in [5, 5.41) is 12.2. The van der Waals surface area contributed by atoms with E-state index < -0.39 is 12.0 Å². The molecule has 6 nitrogen and oxygen atoms in total. The minimum absolute atomic E-state index is 0.346. The molecule has 4 aromatic rings. The highest BCUT2D eigenvalue weighted by atomic mass is 19.4. The summed E-state index contributed by atoms with van der Waals surface area (Å²) in [5.74, 6) is -1.16. The predicted molar refractivity (Wildman–Crippen MR) is 107 cm³/mol.